The number of aromatic nitrogens is 1. The number of nitrogen functional groups attached to an aromatic ring is 1. The molecule has 0 spiro atoms. The first-order valence-electron chi connectivity index (χ1n) is 6.79. The first kappa shape index (κ1) is 11.3. The highest BCUT2D eigenvalue weighted by Gasteiger charge is 2.34. The van der Waals surface area contributed by atoms with Gasteiger partial charge in [0.1, 0.15) is 10.8 Å². The Morgan fingerprint density at radius 3 is 2.94 bits per heavy atom. The van der Waals surface area contributed by atoms with Gasteiger partial charge < -0.3 is 10.6 Å². The minimum absolute atomic E-state index is 0.717. The van der Waals surface area contributed by atoms with E-state index in [9.17, 15) is 0 Å². The highest BCUT2D eigenvalue weighted by Crippen LogP contribution is 2.49. The van der Waals surface area contributed by atoms with Crippen LogP contribution in [0.1, 0.15) is 50.5 Å². The lowest BCUT2D eigenvalue weighted by atomic mass is 10.0. The van der Waals surface area contributed by atoms with Crippen LogP contribution in [-0.2, 0) is 0 Å². The number of hydrogen-bond donors (Lipinski definition) is 1. The summed E-state index contributed by atoms with van der Waals surface area (Å²) in [4.78, 5) is 2.53. The fourth-order valence-electron chi connectivity index (χ4n) is 2.95. The largest absolute Gasteiger partial charge is 0.383 e. The third kappa shape index (κ3) is 2.15. The van der Waals surface area contributed by atoms with Crippen molar-refractivity contribution in [1.29, 1.82) is 0 Å². The van der Waals surface area contributed by atoms with Gasteiger partial charge in [-0.1, -0.05) is 13.3 Å². The van der Waals surface area contributed by atoms with Gasteiger partial charge in [0.25, 0.3) is 0 Å². The molecule has 1 unspecified atom stereocenters. The molecule has 0 radical (unpaired) electrons. The van der Waals surface area contributed by atoms with Gasteiger partial charge in [-0.3, -0.25) is 0 Å². The summed E-state index contributed by atoms with van der Waals surface area (Å²) in [5.41, 5.74) is 7.38. The van der Waals surface area contributed by atoms with E-state index < -0.39 is 0 Å². The highest BCUT2D eigenvalue weighted by molar-refractivity contribution is 7.10. The third-order valence-electron chi connectivity index (χ3n) is 3.99. The number of rotatable bonds is 4. The lowest BCUT2D eigenvalue weighted by Crippen LogP contribution is -2.19. The van der Waals surface area contributed by atoms with Crippen LogP contribution >= 0.6 is 11.5 Å². The van der Waals surface area contributed by atoms with Crippen LogP contribution in [0, 0.1) is 5.92 Å². The maximum atomic E-state index is 6.02. The van der Waals surface area contributed by atoms with Crippen LogP contribution in [0.15, 0.2) is 0 Å². The molecule has 2 aliphatic rings. The van der Waals surface area contributed by atoms with E-state index in [1.807, 2.05) is 0 Å². The molecule has 1 aliphatic heterocycles. The summed E-state index contributed by atoms with van der Waals surface area (Å²) in [5, 5.41) is 1.38. The van der Waals surface area contributed by atoms with Crippen molar-refractivity contribution < 1.29 is 0 Å². The van der Waals surface area contributed by atoms with E-state index in [0.29, 0.717) is 5.92 Å². The zero-order valence-electron chi connectivity index (χ0n) is 10.5. The van der Waals surface area contributed by atoms with Crippen molar-refractivity contribution in [1.82, 2.24) is 4.37 Å². The second kappa shape index (κ2) is 4.48. The summed E-state index contributed by atoms with van der Waals surface area (Å²) in [5.74, 6) is 2.40. The Hall–Kier alpha value is -0.770. The molecule has 1 atom stereocenters. The molecular weight excluding hydrogens is 230 g/mol. The summed E-state index contributed by atoms with van der Waals surface area (Å²) in [6.45, 7) is 4.70. The topological polar surface area (TPSA) is 42.2 Å². The van der Waals surface area contributed by atoms with E-state index in [4.69, 9.17) is 5.73 Å². The van der Waals surface area contributed by atoms with Crippen molar-refractivity contribution in [3.8, 4) is 0 Å². The maximum absolute atomic E-state index is 6.02. The minimum Gasteiger partial charge on any atom is -0.383 e. The van der Waals surface area contributed by atoms with E-state index in [-0.39, 0.29) is 0 Å². The Bertz CT molecular complexity index is 397. The second-order valence-electron chi connectivity index (χ2n) is 5.45. The molecule has 0 aromatic carbocycles. The Morgan fingerprint density at radius 2 is 2.24 bits per heavy atom. The number of hydrogen-bond acceptors (Lipinski definition) is 4. The summed E-state index contributed by atoms with van der Waals surface area (Å²) in [6.07, 6.45) is 6.63. The van der Waals surface area contributed by atoms with Crippen molar-refractivity contribution in [2.75, 3.05) is 23.7 Å². The van der Waals surface area contributed by atoms with Crippen LogP contribution in [0.25, 0.3) is 0 Å². The standard InChI is InChI=1S/C13H21N3S/c1-2-3-9-6-7-16(8-9)13-11(10-4-5-10)12(14)15-17-13/h9-10H,2-8H2,1H3,(H2,14,15). The number of nitrogens with two attached hydrogens (primary N) is 1. The second-order valence-corrected chi connectivity index (χ2v) is 6.20. The summed E-state index contributed by atoms with van der Waals surface area (Å²) in [7, 11) is 0. The molecule has 2 fully saturated rings. The zero-order chi connectivity index (χ0) is 11.8. The lowest BCUT2D eigenvalue weighted by molar-refractivity contribution is 0.530. The highest BCUT2D eigenvalue weighted by atomic mass is 32.1. The van der Waals surface area contributed by atoms with E-state index in [0.717, 1.165) is 11.7 Å². The third-order valence-corrected chi connectivity index (χ3v) is 4.93. The molecule has 0 amide bonds. The number of nitrogens with zero attached hydrogens (tertiary/aromatic N) is 2. The molecule has 3 rings (SSSR count). The Morgan fingerprint density at radius 1 is 1.41 bits per heavy atom. The predicted molar refractivity (Wildman–Crippen MR) is 73.7 cm³/mol. The van der Waals surface area contributed by atoms with Gasteiger partial charge in [-0.25, -0.2) is 0 Å². The zero-order valence-corrected chi connectivity index (χ0v) is 11.3. The average molecular weight is 251 g/mol. The molecule has 1 aliphatic carbocycles. The lowest BCUT2D eigenvalue weighted by Gasteiger charge is -2.18. The fraction of sp³-hybridized carbons (Fsp3) is 0.769. The number of anilines is 2. The van der Waals surface area contributed by atoms with Crippen LogP contribution in [-0.4, -0.2) is 17.5 Å². The molecule has 1 saturated carbocycles. The first-order valence-corrected chi connectivity index (χ1v) is 7.57. The van der Waals surface area contributed by atoms with Crippen molar-refractivity contribution in [2.24, 2.45) is 5.92 Å². The predicted octanol–water partition coefficient (Wildman–Crippen LogP) is 3.23. The van der Waals surface area contributed by atoms with Gasteiger partial charge in [0.2, 0.25) is 0 Å². The first-order chi connectivity index (χ1) is 8.29. The van der Waals surface area contributed by atoms with Crippen LogP contribution in [0.2, 0.25) is 0 Å². The molecule has 94 valence electrons. The molecule has 3 nitrogen and oxygen atoms in total. The molecule has 2 N–H and O–H groups in total. The van der Waals surface area contributed by atoms with Crippen molar-refractivity contribution in [3.63, 3.8) is 0 Å². The molecule has 1 aromatic heterocycles. The van der Waals surface area contributed by atoms with Gasteiger partial charge in [0.15, 0.2) is 0 Å². The van der Waals surface area contributed by atoms with Crippen molar-refractivity contribution >= 4 is 22.4 Å². The van der Waals surface area contributed by atoms with Crippen LogP contribution in [0.5, 0.6) is 0 Å². The molecule has 17 heavy (non-hydrogen) atoms. The van der Waals surface area contributed by atoms with E-state index >= 15 is 0 Å². The van der Waals surface area contributed by atoms with Gasteiger partial charge in [0, 0.05) is 18.7 Å². The molecule has 1 aromatic rings. The van der Waals surface area contributed by atoms with Crippen LogP contribution in [0.3, 0.4) is 0 Å². The van der Waals surface area contributed by atoms with Gasteiger partial charge in [0.05, 0.1) is 0 Å². The van der Waals surface area contributed by atoms with Gasteiger partial charge >= 0.3 is 0 Å². The normalized spacial score (nSPS) is 24.5. The maximum Gasteiger partial charge on any atom is 0.142 e. The van der Waals surface area contributed by atoms with Gasteiger partial charge in [-0.05, 0) is 49.1 Å². The fourth-order valence-corrected chi connectivity index (χ4v) is 3.88. The van der Waals surface area contributed by atoms with Crippen molar-refractivity contribution in [3.05, 3.63) is 5.56 Å². The van der Waals surface area contributed by atoms with Gasteiger partial charge in [-0.15, -0.1) is 0 Å². The summed E-state index contributed by atoms with van der Waals surface area (Å²) < 4.78 is 4.37. The van der Waals surface area contributed by atoms with Crippen molar-refractivity contribution in [2.45, 2.75) is 44.9 Å². The van der Waals surface area contributed by atoms with E-state index in [1.165, 1.54) is 55.8 Å². The van der Waals surface area contributed by atoms with Gasteiger partial charge in [-0.2, -0.15) is 4.37 Å². The van der Waals surface area contributed by atoms with E-state index in [1.54, 1.807) is 11.5 Å². The minimum atomic E-state index is 0.717. The molecule has 0 bridgehead atoms. The average Bonchev–Trinajstić information content (AvgIpc) is 2.92. The van der Waals surface area contributed by atoms with E-state index in [2.05, 4.69) is 16.2 Å². The van der Waals surface area contributed by atoms with Crippen LogP contribution in [0.4, 0.5) is 10.8 Å². The summed E-state index contributed by atoms with van der Waals surface area (Å²) in [6, 6.07) is 0. The van der Waals surface area contributed by atoms with Crippen LogP contribution < -0.4 is 10.6 Å². The molecule has 1 saturated heterocycles. The molecule has 4 heteroatoms. The Kier molecular flexibility index (Phi) is 2.99. The monoisotopic (exact) mass is 251 g/mol. The molecular formula is C13H21N3S. The quantitative estimate of drug-likeness (QED) is 0.893. The summed E-state index contributed by atoms with van der Waals surface area (Å²) >= 11 is 1.61. The molecule has 2 heterocycles. The Balaban J connectivity index is 1.76. The smallest absolute Gasteiger partial charge is 0.142 e. The Labute approximate surface area is 107 Å². The SMILES string of the molecule is CCCC1CCN(c2snc(N)c2C2CC2)C1.